The predicted octanol–water partition coefficient (Wildman–Crippen LogP) is 2.49. The number of Topliss-reactive ketones (excluding diaryl/α,β-unsaturated/α-hetero) is 1. The van der Waals surface area contributed by atoms with Crippen molar-refractivity contribution in [1.29, 1.82) is 0 Å². The van der Waals surface area contributed by atoms with E-state index in [2.05, 4.69) is 17.1 Å². The smallest absolute Gasteiger partial charge is 0.252 e. The Balaban J connectivity index is 1.86. The molecule has 22 heavy (non-hydrogen) atoms. The number of fused-ring (bicyclic) bond motifs is 2. The van der Waals surface area contributed by atoms with Crippen LogP contribution in [0.5, 0.6) is 0 Å². The van der Waals surface area contributed by atoms with E-state index in [9.17, 15) is 9.59 Å². The molecule has 0 saturated carbocycles. The summed E-state index contributed by atoms with van der Waals surface area (Å²) in [5.74, 6) is -0.0162. The number of carbonyl (C=O) groups excluding carboxylic acids is 2. The van der Waals surface area contributed by atoms with Crippen molar-refractivity contribution in [3.05, 3.63) is 35.4 Å². The number of benzene rings is 1. The largest absolute Gasteiger partial charge is 0.347 e. The standard InChI is InChI=1S/C18H24N2O2/c1-3-4-7-10-20-11-15-18(2,12-20)16(21)13-8-5-6-9-14(13)17(22)19-15/h5-6,8-9,15H,3-4,7,10-12H2,1-2H3,(H,19,22)/t15-,18+/m1/s1. The zero-order valence-electron chi connectivity index (χ0n) is 13.4. The number of likely N-dealkylation sites (tertiary alicyclic amines) is 1. The van der Waals surface area contributed by atoms with Gasteiger partial charge in [-0.05, 0) is 26.0 Å². The topological polar surface area (TPSA) is 49.4 Å². The van der Waals surface area contributed by atoms with E-state index >= 15 is 0 Å². The fraction of sp³-hybridized carbons (Fsp3) is 0.556. The first-order valence-corrected chi connectivity index (χ1v) is 8.23. The first kappa shape index (κ1) is 15.2. The van der Waals surface area contributed by atoms with Crippen LogP contribution in [-0.2, 0) is 0 Å². The van der Waals surface area contributed by atoms with Crippen molar-refractivity contribution in [2.75, 3.05) is 19.6 Å². The lowest BCUT2D eigenvalue weighted by Gasteiger charge is -2.27. The summed E-state index contributed by atoms with van der Waals surface area (Å²) < 4.78 is 0. The number of amides is 1. The second kappa shape index (κ2) is 5.84. The molecule has 4 nitrogen and oxygen atoms in total. The summed E-state index contributed by atoms with van der Waals surface area (Å²) in [4.78, 5) is 27.8. The van der Waals surface area contributed by atoms with Gasteiger partial charge in [0.2, 0.25) is 0 Å². The van der Waals surface area contributed by atoms with Gasteiger partial charge in [0.25, 0.3) is 5.91 Å². The normalized spacial score (nSPS) is 28.0. The van der Waals surface area contributed by atoms with Crippen molar-refractivity contribution in [1.82, 2.24) is 10.2 Å². The maximum Gasteiger partial charge on any atom is 0.252 e. The lowest BCUT2D eigenvalue weighted by molar-refractivity contribution is 0.0790. The molecule has 1 aromatic carbocycles. The SMILES string of the molecule is CCCCCN1C[C@H]2NC(=O)c3ccccc3C(=O)[C@@]2(C)C1. The number of carbonyl (C=O) groups is 2. The van der Waals surface area contributed by atoms with Crippen LogP contribution in [0.2, 0.25) is 0 Å². The summed E-state index contributed by atoms with van der Waals surface area (Å²) in [7, 11) is 0. The van der Waals surface area contributed by atoms with Gasteiger partial charge in [0.1, 0.15) is 0 Å². The van der Waals surface area contributed by atoms with Crippen LogP contribution in [0, 0.1) is 5.41 Å². The fourth-order valence-electron chi connectivity index (χ4n) is 3.71. The van der Waals surface area contributed by atoms with Crippen LogP contribution >= 0.6 is 0 Å². The molecule has 0 bridgehead atoms. The lowest BCUT2D eigenvalue weighted by Crippen LogP contribution is -2.47. The molecule has 118 valence electrons. The van der Waals surface area contributed by atoms with Crippen molar-refractivity contribution in [3.8, 4) is 0 Å². The number of rotatable bonds is 4. The molecule has 1 amide bonds. The van der Waals surface area contributed by atoms with Crippen LogP contribution in [0.4, 0.5) is 0 Å². The van der Waals surface area contributed by atoms with Gasteiger partial charge in [-0.1, -0.05) is 38.0 Å². The third kappa shape index (κ3) is 2.45. The summed E-state index contributed by atoms with van der Waals surface area (Å²) in [6, 6.07) is 7.08. The third-order valence-electron chi connectivity index (χ3n) is 5.08. The molecular weight excluding hydrogens is 276 g/mol. The number of hydrogen-bond acceptors (Lipinski definition) is 3. The summed E-state index contributed by atoms with van der Waals surface area (Å²) in [6.07, 6.45) is 3.55. The van der Waals surface area contributed by atoms with Crippen molar-refractivity contribution in [3.63, 3.8) is 0 Å². The Labute approximate surface area is 131 Å². The maximum absolute atomic E-state index is 13.0. The van der Waals surface area contributed by atoms with Crippen molar-refractivity contribution < 1.29 is 9.59 Å². The van der Waals surface area contributed by atoms with E-state index in [4.69, 9.17) is 0 Å². The second-order valence-corrected chi connectivity index (χ2v) is 6.76. The highest BCUT2D eigenvalue weighted by molar-refractivity contribution is 6.12. The molecular formula is C18H24N2O2. The monoisotopic (exact) mass is 300 g/mol. The van der Waals surface area contributed by atoms with E-state index in [0.717, 1.165) is 26.1 Å². The van der Waals surface area contributed by atoms with Gasteiger partial charge >= 0.3 is 0 Å². The highest BCUT2D eigenvalue weighted by Gasteiger charge is 2.51. The Morgan fingerprint density at radius 1 is 1.23 bits per heavy atom. The quantitative estimate of drug-likeness (QED) is 0.869. The zero-order valence-corrected chi connectivity index (χ0v) is 13.4. The average molecular weight is 300 g/mol. The highest BCUT2D eigenvalue weighted by Crippen LogP contribution is 2.37. The Morgan fingerprint density at radius 3 is 2.68 bits per heavy atom. The van der Waals surface area contributed by atoms with E-state index in [1.165, 1.54) is 12.8 Å². The molecule has 2 aliphatic rings. The number of nitrogens with one attached hydrogen (secondary N) is 1. The van der Waals surface area contributed by atoms with Gasteiger partial charge in [0.05, 0.1) is 17.0 Å². The zero-order chi connectivity index (χ0) is 15.7. The van der Waals surface area contributed by atoms with Gasteiger partial charge in [-0.3, -0.25) is 9.59 Å². The second-order valence-electron chi connectivity index (χ2n) is 6.76. The van der Waals surface area contributed by atoms with E-state index < -0.39 is 5.41 Å². The van der Waals surface area contributed by atoms with Crippen LogP contribution in [0.3, 0.4) is 0 Å². The Hall–Kier alpha value is -1.68. The molecule has 2 heterocycles. The minimum atomic E-state index is -0.519. The Kier molecular flexibility index (Phi) is 4.04. The molecule has 4 heteroatoms. The van der Waals surface area contributed by atoms with Crippen LogP contribution in [0.25, 0.3) is 0 Å². The number of hydrogen-bond donors (Lipinski definition) is 1. The molecule has 1 saturated heterocycles. The minimum Gasteiger partial charge on any atom is -0.347 e. The van der Waals surface area contributed by atoms with Crippen LogP contribution in [0.15, 0.2) is 24.3 Å². The van der Waals surface area contributed by atoms with Crippen LogP contribution in [0.1, 0.15) is 53.8 Å². The number of ketones is 1. The summed E-state index contributed by atoms with van der Waals surface area (Å²) in [6.45, 7) is 6.70. The lowest BCUT2D eigenvalue weighted by atomic mass is 9.78. The predicted molar refractivity (Wildman–Crippen MR) is 86.1 cm³/mol. The van der Waals surface area contributed by atoms with E-state index in [1.807, 2.05) is 19.1 Å². The molecule has 0 spiro atoms. The molecule has 0 radical (unpaired) electrons. The fourth-order valence-corrected chi connectivity index (χ4v) is 3.71. The van der Waals surface area contributed by atoms with E-state index in [0.29, 0.717) is 11.1 Å². The molecule has 3 rings (SSSR count). The first-order valence-electron chi connectivity index (χ1n) is 8.23. The van der Waals surface area contributed by atoms with Crippen LogP contribution < -0.4 is 5.32 Å². The molecule has 0 aromatic heterocycles. The van der Waals surface area contributed by atoms with Gasteiger partial charge in [-0.25, -0.2) is 0 Å². The Morgan fingerprint density at radius 2 is 1.95 bits per heavy atom. The summed E-state index contributed by atoms with van der Waals surface area (Å²) >= 11 is 0. The van der Waals surface area contributed by atoms with Gasteiger partial charge in [-0.15, -0.1) is 0 Å². The first-order chi connectivity index (χ1) is 10.6. The van der Waals surface area contributed by atoms with E-state index in [1.54, 1.807) is 12.1 Å². The van der Waals surface area contributed by atoms with E-state index in [-0.39, 0.29) is 17.7 Å². The number of nitrogens with zero attached hydrogens (tertiary/aromatic N) is 1. The van der Waals surface area contributed by atoms with Gasteiger partial charge in [-0.2, -0.15) is 0 Å². The van der Waals surface area contributed by atoms with Crippen molar-refractivity contribution in [2.24, 2.45) is 5.41 Å². The molecule has 0 unspecified atom stereocenters. The van der Waals surface area contributed by atoms with Gasteiger partial charge in [0.15, 0.2) is 5.78 Å². The average Bonchev–Trinajstić information content (AvgIpc) is 2.80. The molecule has 0 aliphatic carbocycles. The molecule has 1 N–H and O–H groups in total. The summed E-state index contributed by atoms with van der Waals surface area (Å²) in [5, 5.41) is 3.09. The van der Waals surface area contributed by atoms with Crippen molar-refractivity contribution in [2.45, 2.75) is 39.2 Å². The third-order valence-corrected chi connectivity index (χ3v) is 5.08. The molecule has 2 atom stereocenters. The van der Waals surface area contributed by atoms with Crippen molar-refractivity contribution >= 4 is 11.7 Å². The molecule has 2 aliphatic heterocycles. The maximum atomic E-state index is 13.0. The Bertz CT molecular complexity index is 599. The minimum absolute atomic E-state index is 0.0958. The molecule has 1 fully saturated rings. The van der Waals surface area contributed by atoms with Gasteiger partial charge < -0.3 is 10.2 Å². The van der Waals surface area contributed by atoms with Gasteiger partial charge in [0, 0.05) is 18.7 Å². The van der Waals surface area contributed by atoms with Crippen LogP contribution in [-0.4, -0.2) is 42.3 Å². The highest BCUT2D eigenvalue weighted by atomic mass is 16.2. The summed E-state index contributed by atoms with van der Waals surface area (Å²) in [5.41, 5.74) is 0.565. The number of unbranched alkanes of at least 4 members (excludes halogenated alkanes) is 2. The molecule has 1 aromatic rings.